The number of para-hydroxylation sites is 1. The van der Waals surface area contributed by atoms with Gasteiger partial charge in [0.05, 0.1) is 12.6 Å². The maximum atomic E-state index is 13.8. The third kappa shape index (κ3) is 5.28. The first-order valence-corrected chi connectivity index (χ1v) is 10.5. The van der Waals surface area contributed by atoms with Gasteiger partial charge in [-0.1, -0.05) is 50.2 Å². The van der Waals surface area contributed by atoms with Crippen molar-refractivity contribution in [1.29, 1.82) is 0 Å². The normalized spacial score (nSPS) is 13.1. The predicted octanol–water partition coefficient (Wildman–Crippen LogP) is 5.86. The zero-order chi connectivity index (χ0) is 20.8. The zero-order valence-corrected chi connectivity index (χ0v) is 17.2. The van der Waals surface area contributed by atoms with Crippen molar-refractivity contribution in [1.82, 2.24) is 5.32 Å². The number of hydrogen-bond donors (Lipinski definition) is 2. The van der Waals surface area contributed by atoms with Gasteiger partial charge in [-0.3, -0.25) is 10.1 Å². The van der Waals surface area contributed by atoms with Crippen LogP contribution in [-0.4, -0.2) is 12.5 Å². The third-order valence-corrected chi connectivity index (χ3v) is 5.91. The van der Waals surface area contributed by atoms with E-state index in [1.807, 2.05) is 17.5 Å². The minimum absolute atomic E-state index is 0.0799. The standard InChI is InChI=1S/C23H24F2N2OS/c1-3-15(2)16-9-11-17(12-10-16)22(20-8-5-13-29-20)26-14-21(28)27-23-18(24)6-4-7-19(23)25/h4-13,15,22,26H,3,14H2,1-2H3,(H,27,28)/t15-,22-/m1/s1. The topological polar surface area (TPSA) is 41.1 Å². The first-order chi connectivity index (χ1) is 14.0. The summed E-state index contributed by atoms with van der Waals surface area (Å²) < 4.78 is 27.5. The third-order valence-electron chi connectivity index (χ3n) is 4.97. The molecule has 29 heavy (non-hydrogen) atoms. The van der Waals surface area contributed by atoms with Gasteiger partial charge in [-0.05, 0) is 47.0 Å². The molecule has 0 fully saturated rings. The summed E-state index contributed by atoms with van der Waals surface area (Å²) in [7, 11) is 0. The number of carbonyl (C=O) groups is 1. The molecule has 152 valence electrons. The average Bonchev–Trinajstić information content (AvgIpc) is 3.25. The SMILES string of the molecule is CC[C@@H](C)c1ccc([C@@H](NCC(=O)Nc2c(F)cccc2F)c2cccs2)cc1. The molecule has 0 saturated carbocycles. The molecule has 3 nitrogen and oxygen atoms in total. The number of anilines is 1. The lowest BCUT2D eigenvalue weighted by Gasteiger charge is -2.19. The number of rotatable bonds is 8. The van der Waals surface area contributed by atoms with Gasteiger partial charge in [-0.25, -0.2) is 8.78 Å². The molecule has 3 aromatic rings. The number of nitrogens with one attached hydrogen (secondary N) is 2. The van der Waals surface area contributed by atoms with E-state index in [4.69, 9.17) is 0 Å². The largest absolute Gasteiger partial charge is 0.320 e. The first-order valence-electron chi connectivity index (χ1n) is 9.60. The zero-order valence-electron chi connectivity index (χ0n) is 16.4. The van der Waals surface area contributed by atoms with E-state index in [1.54, 1.807) is 11.3 Å². The molecule has 0 spiro atoms. The summed E-state index contributed by atoms with van der Waals surface area (Å²) in [6.07, 6.45) is 1.07. The fourth-order valence-corrected chi connectivity index (χ4v) is 3.91. The molecule has 0 aliphatic carbocycles. The molecule has 6 heteroatoms. The van der Waals surface area contributed by atoms with Crippen molar-refractivity contribution in [3.8, 4) is 0 Å². The van der Waals surface area contributed by atoms with Crippen molar-refractivity contribution in [3.63, 3.8) is 0 Å². The van der Waals surface area contributed by atoms with Gasteiger partial charge in [-0.15, -0.1) is 11.3 Å². The molecule has 1 aromatic heterocycles. The second-order valence-corrected chi connectivity index (χ2v) is 7.93. The molecule has 2 atom stereocenters. The maximum Gasteiger partial charge on any atom is 0.238 e. The Labute approximate surface area is 173 Å². The molecule has 0 radical (unpaired) electrons. The molecule has 3 rings (SSSR count). The van der Waals surface area contributed by atoms with Crippen LogP contribution in [0.3, 0.4) is 0 Å². The summed E-state index contributed by atoms with van der Waals surface area (Å²) in [4.78, 5) is 13.4. The van der Waals surface area contributed by atoms with E-state index in [0.717, 1.165) is 29.0 Å². The van der Waals surface area contributed by atoms with E-state index in [2.05, 4.69) is 48.7 Å². The van der Waals surface area contributed by atoms with Gasteiger partial charge in [0.1, 0.15) is 17.3 Å². The highest BCUT2D eigenvalue weighted by atomic mass is 32.1. The lowest BCUT2D eigenvalue weighted by molar-refractivity contribution is -0.115. The van der Waals surface area contributed by atoms with Crippen molar-refractivity contribution in [2.45, 2.75) is 32.2 Å². The number of amides is 1. The van der Waals surface area contributed by atoms with Crippen molar-refractivity contribution in [3.05, 3.63) is 87.6 Å². The second kappa shape index (κ2) is 9.76. The number of benzene rings is 2. The van der Waals surface area contributed by atoms with Crippen LogP contribution in [0.1, 0.15) is 48.2 Å². The first kappa shape index (κ1) is 21.1. The Morgan fingerprint density at radius 1 is 1.00 bits per heavy atom. The van der Waals surface area contributed by atoms with Gasteiger partial charge in [0, 0.05) is 4.88 Å². The van der Waals surface area contributed by atoms with Crippen LogP contribution in [0.25, 0.3) is 0 Å². The Morgan fingerprint density at radius 3 is 2.24 bits per heavy atom. The Kier molecular flexibility index (Phi) is 7.12. The van der Waals surface area contributed by atoms with Crippen LogP contribution in [0.5, 0.6) is 0 Å². The Bertz CT molecular complexity index is 922. The second-order valence-electron chi connectivity index (χ2n) is 6.95. The number of thiophene rings is 1. The monoisotopic (exact) mass is 414 g/mol. The molecule has 0 unspecified atom stereocenters. The lowest BCUT2D eigenvalue weighted by atomic mass is 9.95. The van der Waals surface area contributed by atoms with E-state index < -0.39 is 23.2 Å². The number of halogens is 2. The van der Waals surface area contributed by atoms with Crippen LogP contribution in [0.2, 0.25) is 0 Å². The highest BCUT2D eigenvalue weighted by Crippen LogP contribution is 2.28. The highest BCUT2D eigenvalue weighted by Gasteiger charge is 2.18. The smallest absolute Gasteiger partial charge is 0.238 e. The van der Waals surface area contributed by atoms with Crippen LogP contribution < -0.4 is 10.6 Å². The number of hydrogen-bond acceptors (Lipinski definition) is 3. The Hall–Kier alpha value is -2.57. The fourth-order valence-electron chi connectivity index (χ4n) is 3.09. The van der Waals surface area contributed by atoms with E-state index in [-0.39, 0.29) is 12.6 Å². The minimum Gasteiger partial charge on any atom is -0.320 e. The van der Waals surface area contributed by atoms with Gasteiger partial charge in [0.25, 0.3) is 0 Å². The molecule has 0 bridgehead atoms. The van der Waals surface area contributed by atoms with Gasteiger partial charge in [-0.2, -0.15) is 0 Å². The van der Waals surface area contributed by atoms with Gasteiger partial charge in [0.2, 0.25) is 5.91 Å². The molecule has 0 aliphatic rings. The highest BCUT2D eigenvalue weighted by molar-refractivity contribution is 7.10. The van der Waals surface area contributed by atoms with Gasteiger partial charge in [0.15, 0.2) is 0 Å². The summed E-state index contributed by atoms with van der Waals surface area (Å²) in [5.74, 6) is -1.62. The molecular weight excluding hydrogens is 390 g/mol. The van der Waals surface area contributed by atoms with Crippen LogP contribution in [0.15, 0.2) is 60.0 Å². The molecular formula is C23H24F2N2OS. The summed E-state index contributed by atoms with van der Waals surface area (Å²) in [5, 5.41) is 7.51. The Balaban J connectivity index is 1.73. The molecule has 2 N–H and O–H groups in total. The lowest BCUT2D eigenvalue weighted by Crippen LogP contribution is -2.32. The summed E-state index contributed by atoms with van der Waals surface area (Å²) in [6, 6.07) is 15.6. The molecule has 0 saturated heterocycles. The van der Waals surface area contributed by atoms with Crippen LogP contribution in [0, 0.1) is 11.6 Å². The molecule has 2 aromatic carbocycles. The summed E-state index contributed by atoms with van der Waals surface area (Å²) in [5.41, 5.74) is 1.88. The minimum atomic E-state index is -0.797. The number of carbonyl (C=O) groups excluding carboxylic acids is 1. The van der Waals surface area contributed by atoms with E-state index in [1.165, 1.54) is 11.6 Å². The van der Waals surface area contributed by atoms with Crippen molar-refractivity contribution in [2.24, 2.45) is 0 Å². The van der Waals surface area contributed by atoms with Crippen molar-refractivity contribution >= 4 is 22.9 Å². The van der Waals surface area contributed by atoms with E-state index >= 15 is 0 Å². The van der Waals surface area contributed by atoms with Crippen LogP contribution >= 0.6 is 11.3 Å². The van der Waals surface area contributed by atoms with E-state index in [0.29, 0.717) is 5.92 Å². The summed E-state index contributed by atoms with van der Waals surface area (Å²) in [6.45, 7) is 4.27. The average molecular weight is 415 g/mol. The molecule has 0 aliphatic heterocycles. The summed E-state index contributed by atoms with van der Waals surface area (Å²) >= 11 is 1.59. The van der Waals surface area contributed by atoms with Crippen LogP contribution in [0.4, 0.5) is 14.5 Å². The van der Waals surface area contributed by atoms with Crippen molar-refractivity contribution in [2.75, 3.05) is 11.9 Å². The molecule has 1 amide bonds. The van der Waals surface area contributed by atoms with Gasteiger partial charge >= 0.3 is 0 Å². The fraction of sp³-hybridized carbons (Fsp3) is 0.261. The quantitative estimate of drug-likeness (QED) is 0.485. The van der Waals surface area contributed by atoms with Crippen LogP contribution in [-0.2, 0) is 4.79 Å². The Morgan fingerprint density at radius 2 is 1.66 bits per heavy atom. The van der Waals surface area contributed by atoms with Crippen molar-refractivity contribution < 1.29 is 13.6 Å². The molecule has 1 heterocycles. The van der Waals surface area contributed by atoms with Gasteiger partial charge < -0.3 is 5.32 Å². The van der Waals surface area contributed by atoms with E-state index in [9.17, 15) is 13.6 Å². The predicted molar refractivity (Wildman–Crippen MR) is 114 cm³/mol. The maximum absolute atomic E-state index is 13.8.